The summed E-state index contributed by atoms with van der Waals surface area (Å²) in [5.74, 6) is 2.30. The molecule has 134 valence electrons. The quantitative estimate of drug-likeness (QED) is 0.778. The van der Waals surface area contributed by atoms with Gasteiger partial charge in [0, 0.05) is 31.7 Å². The van der Waals surface area contributed by atoms with Gasteiger partial charge in [-0.1, -0.05) is 12.1 Å². The van der Waals surface area contributed by atoms with E-state index in [-0.39, 0.29) is 24.6 Å². The maximum atomic E-state index is 12.3. The number of carbonyl (C=O) groups excluding carboxylic acids is 1. The molecule has 2 aromatic rings. The van der Waals surface area contributed by atoms with Gasteiger partial charge in [-0.25, -0.2) is 9.78 Å². The van der Waals surface area contributed by atoms with Crippen LogP contribution in [0.5, 0.6) is 0 Å². The van der Waals surface area contributed by atoms with Crippen LogP contribution < -0.4 is 10.6 Å². The largest absolute Gasteiger partial charge is 0.396 e. The van der Waals surface area contributed by atoms with E-state index in [1.165, 1.54) is 12.8 Å². The molecule has 4 atom stereocenters. The number of urea groups is 1. The number of hydrogen-bond acceptors (Lipinski definition) is 3. The Bertz CT molecular complexity index is 772. The third kappa shape index (κ3) is 2.99. The smallest absolute Gasteiger partial charge is 0.315 e. The highest BCUT2D eigenvalue weighted by atomic mass is 16.3. The second kappa shape index (κ2) is 6.67. The topological polar surface area (TPSA) is 79.2 Å². The van der Waals surface area contributed by atoms with Gasteiger partial charge < -0.3 is 20.3 Å². The number of para-hydroxylation sites is 2. The van der Waals surface area contributed by atoms with Crippen molar-refractivity contribution in [3.05, 3.63) is 30.1 Å². The van der Waals surface area contributed by atoms with Crippen molar-refractivity contribution in [3.63, 3.8) is 0 Å². The highest BCUT2D eigenvalue weighted by Crippen LogP contribution is 2.48. The van der Waals surface area contributed by atoms with Crippen LogP contribution >= 0.6 is 0 Å². The maximum Gasteiger partial charge on any atom is 0.315 e. The van der Waals surface area contributed by atoms with Crippen molar-refractivity contribution < 1.29 is 9.90 Å². The molecule has 3 N–H and O–H groups in total. The Kier molecular flexibility index (Phi) is 4.37. The first kappa shape index (κ1) is 16.4. The number of hydrogen-bond donors (Lipinski definition) is 3. The molecule has 0 radical (unpaired) electrons. The molecule has 6 heteroatoms. The number of nitrogens with zero attached hydrogens (tertiary/aromatic N) is 2. The zero-order chi connectivity index (χ0) is 17.4. The van der Waals surface area contributed by atoms with Crippen molar-refractivity contribution >= 4 is 17.1 Å². The SMILES string of the molecule is Cc1nc2ccccc2n1CCNC(=O)NC1C2CCC(C2)C1CO. The summed E-state index contributed by atoms with van der Waals surface area (Å²) < 4.78 is 2.13. The molecule has 4 unspecified atom stereocenters. The predicted octanol–water partition coefficient (Wildman–Crippen LogP) is 2.05. The van der Waals surface area contributed by atoms with Crippen LogP contribution in [0.2, 0.25) is 0 Å². The van der Waals surface area contributed by atoms with Crippen LogP contribution in [0.3, 0.4) is 0 Å². The number of aromatic nitrogens is 2. The highest BCUT2D eigenvalue weighted by molar-refractivity contribution is 5.76. The fraction of sp³-hybridized carbons (Fsp3) is 0.579. The highest BCUT2D eigenvalue weighted by Gasteiger charge is 2.47. The summed E-state index contributed by atoms with van der Waals surface area (Å²) in [7, 11) is 0. The Labute approximate surface area is 147 Å². The van der Waals surface area contributed by atoms with Crippen LogP contribution in [0.4, 0.5) is 4.79 Å². The van der Waals surface area contributed by atoms with E-state index >= 15 is 0 Å². The molecule has 1 aromatic heterocycles. The molecule has 2 bridgehead atoms. The van der Waals surface area contributed by atoms with E-state index in [0.29, 0.717) is 24.9 Å². The molecular weight excluding hydrogens is 316 g/mol. The molecule has 0 spiro atoms. The van der Waals surface area contributed by atoms with Gasteiger partial charge in [0.1, 0.15) is 5.82 Å². The summed E-state index contributed by atoms with van der Waals surface area (Å²) in [4.78, 5) is 16.8. The van der Waals surface area contributed by atoms with E-state index in [2.05, 4.69) is 26.3 Å². The molecule has 2 aliphatic rings. The van der Waals surface area contributed by atoms with E-state index in [9.17, 15) is 9.90 Å². The number of fused-ring (bicyclic) bond motifs is 3. The molecule has 0 aliphatic heterocycles. The predicted molar refractivity (Wildman–Crippen MR) is 96.2 cm³/mol. The summed E-state index contributed by atoms with van der Waals surface area (Å²) in [5.41, 5.74) is 2.08. The minimum atomic E-state index is -0.127. The fourth-order valence-corrected chi connectivity index (χ4v) is 4.86. The summed E-state index contributed by atoms with van der Waals surface area (Å²) in [5, 5.41) is 15.7. The average molecular weight is 342 g/mol. The Morgan fingerprint density at radius 3 is 2.96 bits per heavy atom. The van der Waals surface area contributed by atoms with Gasteiger partial charge in [0.25, 0.3) is 0 Å². The molecule has 2 aliphatic carbocycles. The van der Waals surface area contributed by atoms with Crippen LogP contribution in [0, 0.1) is 24.7 Å². The zero-order valence-electron chi connectivity index (χ0n) is 14.6. The first-order chi connectivity index (χ1) is 12.2. The van der Waals surface area contributed by atoms with Gasteiger partial charge in [0.2, 0.25) is 0 Å². The summed E-state index contributed by atoms with van der Waals surface area (Å²) in [6.45, 7) is 3.41. The molecule has 0 saturated heterocycles. The maximum absolute atomic E-state index is 12.3. The number of aliphatic hydroxyl groups excluding tert-OH is 1. The van der Waals surface area contributed by atoms with Crippen molar-refractivity contribution in [2.75, 3.05) is 13.2 Å². The monoisotopic (exact) mass is 342 g/mol. The standard InChI is InChI=1S/C19H26N4O2/c1-12-21-16-4-2-3-5-17(16)23(12)9-8-20-19(25)22-18-14-7-6-13(10-14)15(18)11-24/h2-5,13-15,18,24H,6-11H2,1H3,(H2,20,22,25). The van der Waals surface area contributed by atoms with Gasteiger partial charge >= 0.3 is 6.03 Å². The molecule has 25 heavy (non-hydrogen) atoms. The number of amides is 2. The van der Waals surface area contributed by atoms with Crippen molar-refractivity contribution in [2.24, 2.45) is 17.8 Å². The summed E-state index contributed by atoms with van der Waals surface area (Å²) >= 11 is 0. The molecule has 2 saturated carbocycles. The fourth-order valence-electron chi connectivity index (χ4n) is 4.86. The van der Waals surface area contributed by atoms with Crippen LogP contribution in [-0.2, 0) is 6.54 Å². The third-order valence-corrected chi connectivity index (χ3v) is 6.06. The number of imidazole rings is 1. The lowest BCUT2D eigenvalue weighted by atomic mass is 9.85. The van der Waals surface area contributed by atoms with Gasteiger partial charge in [-0.2, -0.15) is 0 Å². The number of aryl methyl sites for hydroxylation is 1. The molecule has 4 rings (SSSR count). The molecule has 6 nitrogen and oxygen atoms in total. The lowest BCUT2D eigenvalue weighted by Crippen LogP contribution is -2.49. The van der Waals surface area contributed by atoms with Crippen molar-refractivity contribution in [2.45, 2.75) is 38.8 Å². The van der Waals surface area contributed by atoms with Crippen molar-refractivity contribution in [1.29, 1.82) is 0 Å². The second-order valence-corrected chi connectivity index (χ2v) is 7.41. The van der Waals surface area contributed by atoms with Crippen molar-refractivity contribution in [3.8, 4) is 0 Å². The number of rotatable bonds is 5. The third-order valence-electron chi connectivity index (χ3n) is 6.06. The molecular formula is C19H26N4O2. The summed E-state index contributed by atoms with van der Waals surface area (Å²) in [6, 6.07) is 8.04. The van der Waals surface area contributed by atoms with Gasteiger partial charge in [-0.05, 0) is 50.2 Å². The Morgan fingerprint density at radius 1 is 1.32 bits per heavy atom. The second-order valence-electron chi connectivity index (χ2n) is 7.41. The normalized spacial score (nSPS) is 27.8. The van der Waals surface area contributed by atoms with Gasteiger partial charge in [-0.15, -0.1) is 0 Å². The lowest BCUT2D eigenvalue weighted by molar-refractivity contribution is 0.144. The minimum absolute atomic E-state index is 0.125. The Balaban J connectivity index is 1.32. The minimum Gasteiger partial charge on any atom is -0.396 e. The number of carbonyl (C=O) groups is 1. The molecule has 2 amide bonds. The number of aliphatic hydroxyl groups is 1. The van der Waals surface area contributed by atoms with Crippen LogP contribution in [0.15, 0.2) is 24.3 Å². The molecule has 1 heterocycles. The Morgan fingerprint density at radius 2 is 2.12 bits per heavy atom. The average Bonchev–Trinajstić information content (AvgIpc) is 3.28. The van der Waals surface area contributed by atoms with Crippen molar-refractivity contribution in [1.82, 2.24) is 20.2 Å². The van der Waals surface area contributed by atoms with E-state index in [1.807, 2.05) is 25.1 Å². The molecule has 1 aromatic carbocycles. The van der Waals surface area contributed by atoms with Crippen LogP contribution in [0.25, 0.3) is 11.0 Å². The first-order valence-corrected chi connectivity index (χ1v) is 9.24. The van der Waals surface area contributed by atoms with E-state index < -0.39 is 0 Å². The van der Waals surface area contributed by atoms with Gasteiger partial charge in [-0.3, -0.25) is 0 Å². The van der Waals surface area contributed by atoms with E-state index in [0.717, 1.165) is 23.3 Å². The van der Waals surface area contributed by atoms with E-state index in [1.54, 1.807) is 0 Å². The van der Waals surface area contributed by atoms with Gasteiger partial charge in [0.05, 0.1) is 11.0 Å². The molecule has 2 fully saturated rings. The lowest BCUT2D eigenvalue weighted by Gasteiger charge is -2.30. The number of nitrogens with one attached hydrogen (secondary N) is 2. The Hall–Kier alpha value is -2.08. The number of benzene rings is 1. The van der Waals surface area contributed by atoms with Crippen LogP contribution in [0.1, 0.15) is 25.1 Å². The zero-order valence-corrected chi connectivity index (χ0v) is 14.6. The first-order valence-electron chi connectivity index (χ1n) is 9.24. The van der Waals surface area contributed by atoms with Crippen LogP contribution in [-0.4, -0.2) is 39.9 Å². The summed E-state index contributed by atoms with van der Waals surface area (Å²) in [6.07, 6.45) is 3.52. The van der Waals surface area contributed by atoms with Gasteiger partial charge in [0.15, 0.2) is 0 Å². The van der Waals surface area contributed by atoms with E-state index in [4.69, 9.17) is 0 Å².